The average molecular weight is 286 g/mol. The van der Waals surface area contributed by atoms with Crippen LogP contribution in [0.15, 0.2) is 24.3 Å². The number of aliphatic hydroxyl groups excluding tert-OH is 1. The number of hydrogen-bond acceptors (Lipinski definition) is 3. The number of benzene rings is 1. The maximum Gasteiger partial charge on any atom is 0.104 e. The number of aliphatic hydroxyl groups is 1. The van der Waals surface area contributed by atoms with E-state index in [-0.39, 0.29) is 6.61 Å². The van der Waals surface area contributed by atoms with E-state index in [1.807, 2.05) is 12.1 Å². The molecule has 0 unspecified atom stereocenters. The van der Waals surface area contributed by atoms with Crippen LogP contribution < -0.4 is 0 Å². The van der Waals surface area contributed by atoms with Crippen molar-refractivity contribution in [1.82, 2.24) is 9.80 Å². The molecule has 0 aromatic heterocycles. The zero-order valence-electron chi connectivity index (χ0n) is 13.2. The van der Waals surface area contributed by atoms with Crippen LogP contribution in [0, 0.1) is 17.8 Å². The van der Waals surface area contributed by atoms with E-state index in [0.717, 1.165) is 31.1 Å². The Labute approximate surface area is 128 Å². The van der Waals surface area contributed by atoms with Gasteiger partial charge in [0.25, 0.3) is 0 Å². The molecule has 1 N–H and O–H groups in total. The van der Waals surface area contributed by atoms with Crippen molar-refractivity contribution in [3.63, 3.8) is 0 Å². The molecular formula is C18H26N2O. The summed E-state index contributed by atoms with van der Waals surface area (Å²) in [5.41, 5.74) is 2.29. The fourth-order valence-electron chi connectivity index (χ4n) is 2.79. The first kappa shape index (κ1) is 16.0. The first-order chi connectivity index (χ1) is 10.2. The van der Waals surface area contributed by atoms with Gasteiger partial charge in [-0.25, -0.2) is 0 Å². The number of hydrogen-bond donors (Lipinski definition) is 1. The Morgan fingerprint density at radius 1 is 1.14 bits per heavy atom. The maximum atomic E-state index is 8.76. The van der Waals surface area contributed by atoms with Crippen molar-refractivity contribution in [3.8, 4) is 11.8 Å². The van der Waals surface area contributed by atoms with Crippen LogP contribution in [0.5, 0.6) is 0 Å². The monoisotopic (exact) mass is 286 g/mol. The highest BCUT2D eigenvalue weighted by atomic mass is 16.2. The Morgan fingerprint density at radius 2 is 1.86 bits per heavy atom. The molecular weight excluding hydrogens is 260 g/mol. The summed E-state index contributed by atoms with van der Waals surface area (Å²) in [5.74, 6) is 6.43. The van der Waals surface area contributed by atoms with E-state index in [9.17, 15) is 0 Å². The molecule has 1 saturated heterocycles. The topological polar surface area (TPSA) is 26.7 Å². The van der Waals surface area contributed by atoms with Gasteiger partial charge < -0.3 is 10.0 Å². The van der Waals surface area contributed by atoms with Crippen LogP contribution in [0.2, 0.25) is 0 Å². The van der Waals surface area contributed by atoms with Gasteiger partial charge in [0.1, 0.15) is 6.61 Å². The molecule has 1 aliphatic heterocycles. The molecule has 1 aromatic carbocycles. The molecule has 1 aromatic rings. The molecule has 3 heteroatoms. The summed E-state index contributed by atoms with van der Waals surface area (Å²) in [4.78, 5) is 5.07. The molecule has 0 saturated carbocycles. The van der Waals surface area contributed by atoms with Crippen molar-refractivity contribution >= 4 is 0 Å². The van der Waals surface area contributed by atoms with Crippen molar-refractivity contribution in [2.45, 2.75) is 20.4 Å². The van der Waals surface area contributed by atoms with Gasteiger partial charge in [-0.15, -0.1) is 0 Å². The fourth-order valence-corrected chi connectivity index (χ4v) is 2.79. The highest BCUT2D eigenvalue weighted by Crippen LogP contribution is 2.11. The van der Waals surface area contributed by atoms with Gasteiger partial charge in [0.15, 0.2) is 0 Å². The molecule has 0 bridgehead atoms. The molecule has 1 fully saturated rings. The van der Waals surface area contributed by atoms with Gasteiger partial charge >= 0.3 is 0 Å². The fraction of sp³-hybridized carbons (Fsp3) is 0.556. The van der Waals surface area contributed by atoms with Crippen LogP contribution >= 0.6 is 0 Å². The number of nitrogens with zero attached hydrogens (tertiary/aromatic N) is 2. The van der Waals surface area contributed by atoms with E-state index in [1.54, 1.807) is 0 Å². The van der Waals surface area contributed by atoms with Crippen molar-refractivity contribution in [2.75, 3.05) is 39.3 Å². The van der Waals surface area contributed by atoms with Crippen molar-refractivity contribution in [1.29, 1.82) is 0 Å². The first-order valence-corrected chi connectivity index (χ1v) is 7.81. The van der Waals surface area contributed by atoms with Gasteiger partial charge in [-0.2, -0.15) is 0 Å². The lowest BCUT2D eigenvalue weighted by molar-refractivity contribution is 0.117. The Bertz CT molecular complexity index is 493. The Morgan fingerprint density at radius 3 is 2.52 bits per heavy atom. The molecule has 0 aliphatic carbocycles. The van der Waals surface area contributed by atoms with Gasteiger partial charge in [-0.1, -0.05) is 37.8 Å². The van der Waals surface area contributed by atoms with Gasteiger partial charge in [0.05, 0.1) is 0 Å². The lowest BCUT2D eigenvalue weighted by Crippen LogP contribution is -2.46. The quantitative estimate of drug-likeness (QED) is 0.855. The van der Waals surface area contributed by atoms with E-state index >= 15 is 0 Å². The second kappa shape index (κ2) is 8.19. The summed E-state index contributed by atoms with van der Waals surface area (Å²) in [6.45, 7) is 11.3. The van der Waals surface area contributed by atoms with Crippen molar-refractivity contribution in [2.24, 2.45) is 5.92 Å². The van der Waals surface area contributed by atoms with E-state index < -0.39 is 0 Å². The molecule has 21 heavy (non-hydrogen) atoms. The molecule has 3 nitrogen and oxygen atoms in total. The highest BCUT2D eigenvalue weighted by Gasteiger charge is 2.17. The Balaban J connectivity index is 1.86. The molecule has 1 aliphatic rings. The summed E-state index contributed by atoms with van der Waals surface area (Å²) in [6, 6.07) is 8.33. The minimum Gasteiger partial charge on any atom is -0.384 e. The minimum absolute atomic E-state index is 0.0813. The van der Waals surface area contributed by atoms with Gasteiger partial charge in [0.2, 0.25) is 0 Å². The summed E-state index contributed by atoms with van der Waals surface area (Å²) in [5, 5.41) is 8.76. The zero-order chi connectivity index (χ0) is 15.1. The van der Waals surface area contributed by atoms with Gasteiger partial charge in [0, 0.05) is 44.8 Å². The first-order valence-electron chi connectivity index (χ1n) is 7.81. The van der Waals surface area contributed by atoms with Crippen LogP contribution in [0.3, 0.4) is 0 Å². The standard InChI is InChI=1S/C18H26N2O/c1-16(2)14-19-8-10-20(11-9-19)15-18-6-3-5-17(13-18)7-4-12-21/h3,5-6,13,16,21H,8-12,14-15H2,1-2H3. The van der Waals surface area contributed by atoms with Crippen molar-refractivity contribution in [3.05, 3.63) is 35.4 Å². The SMILES string of the molecule is CC(C)CN1CCN(Cc2cccc(C#CCO)c2)CC1. The molecule has 0 radical (unpaired) electrons. The summed E-state index contributed by atoms with van der Waals surface area (Å²) in [6.07, 6.45) is 0. The molecule has 2 rings (SSSR count). The zero-order valence-corrected chi connectivity index (χ0v) is 13.2. The van der Waals surface area contributed by atoms with Crippen LogP contribution in [-0.4, -0.2) is 54.2 Å². The van der Waals surface area contributed by atoms with Crippen molar-refractivity contribution < 1.29 is 5.11 Å². The van der Waals surface area contributed by atoms with E-state index in [4.69, 9.17) is 5.11 Å². The van der Waals surface area contributed by atoms with E-state index in [1.165, 1.54) is 25.2 Å². The lowest BCUT2D eigenvalue weighted by atomic mass is 10.1. The molecule has 0 amide bonds. The molecule has 1 heterocycles. The summed E-state index contributed by atoms with van der Waals surface area (Å²) < 4.78 is 0. The van der Waals surface area contributed by atoms with Gasteiger partial charge in [-0.3, -0.25) is 4.90 Å². The minimum atomic E-state index is -0.0813. The van der Waals surface area contributed by atoms with E-state index in [0.29, 0.717) is 0 Å². The average Bonchev–Trinajstić information content (AvgIpc) is 2.47. The Hall–Kier alpha value is -1.34. The van der Waals surface area contributed by atoms with Crippen LogP contribution in [0.25, 0.3) is 0 Å². The third-order valence-electron chi connectivity index (χ3n) is 3.73. The highest BCUT2D eigenvalue weighted by molar-refractivity contribution is 5.37. The normalized spacial score (nSPS) is 16.8. The van der Waals surface area contributed by atoms with Crippen LogP contribution in [0.4, 0.5) is 0 Å². The molecule has 0 atom stereocenters. The smallest absolute Gasteiger partial charge is 0.104 e. The lowest BCUT2D eigenvalue weighted by Gasteiger charge is -2.35. The predicted molar refractivity (Wildman–Crippen MR) is 87.0 cm³/mol. The third kappa shape index (κ3) is 5.51. The number of rotatable bonds is 4. The number of piperazine rings is 1. The summed E-state index contributed by atoms with van der Waals surface area (Å²) in [7, 11) is 0. The maximum absolute atomic E-state index is 8.76. The summed E-state index contributed by atoms with van der Waals surface area (Å²) >= 11 is 0. The Kier molecular flexibility index (Phi) is 6.25. The second-order valence-electron chi connectivity index (χ2n) is 6.13. The largest absolute Gasteiger partial charge is 0.384 e. The second-order valence-corrected chi connectivity index (χ2v) is 6.13. The van der Waals surface area contributed by atoms with Crippen LogP contribution in [-0.2, 0) is 6.54 Å². The van der Waals surface area contributed by atoms with Crippen LogP contribution in [0.1, 0.15) is 25.0 Å². The third-order valence-corrected chi connectivity index (χ3v) is 3.73. The molecule has 114 valence electrons. The predicted octanol–water partition coefficient (Wildman–Crippen LogP) is 1.80. The molecule has 0 spiro atoms. The van der Waals surface area contributed by atoms with Gasteiger partial charge in [-0.05, 0) is 23.6 Å². The van der Waals surface area contributed by atoms with E-state index in [2.05, 4.69) is 47.6 Å².